The van der Waals surface area contributed by atoms with Crippen molar-refractivity contribution >= 4 is 38.9 Å². The summed E-state index contributed by atoms with van der Waals surface area (Å²) < 4.78 is 15.5. The van der Waals surface area contributed by atoms with Gasteiger partial charge in [0.25, 0.3) is 0 Å². The number of hydrogen-bond acceptors (Lipinski definition) is 4. The SMILES string of the molecule is Fc1ccc2nc(NCc3cc(Br)cs3)nn2c1. The molecule has 0 saturated heterocycles. The molecule has 0 aromatic carbocycles. The minimum atomic E-state index is -0.332. The van der Waals surface area contributed by atoms with Gasteiger partial charge in [-0.1, -0.05) is 0 Å². The van der Waals surface area contributed by atoms with Crippen LogP contribution in [0.15, 0.2) is 34.2 Å². The summed E-state index contributed by atoms with van der Waals surface area (Å²) in [6, 6.07) is 4.99. The molecule has 0 unspecified atom stereocenters. The lowest BCUT2D eigenvalue weighted by Crippen LogP contribution is -1.99. The Balaban J connectivity index is 1.78. The van der Waals surface area contributed by atoms with Crippen LogP contribution in [0.2, 0.25) is 0 Å². The van der Waals surface area contributed by atoms with E-state index in [-0.39, 0.29) is 5.82 Å². The number of nitrogens with one attached hydrogen (secondary N) is 1. The molecule has 0 fully saturated rings. The van der Waals surface area contributed by atoms with Gasteiger partial charge in [-0.3, -0.25) is 0 Å². The van der Waals surface area contributed by atoms with Crippen LogP contribution in [0.25, 0.3) is 5.65 Å². The lowest BCUT2D eigenvalue weighted by Gasteiger charge is -1.96. The predicted molar refractivity (Wildman–Crippen MR) is 72.3 cm³/mol. The summed E-state index contributed by atoms with van der Waals surface area (Å²) in [4.78, 5) is 5.42. The summed E-state index contributed by atoms with van der Waals surface area (Å²) in [7, 11) is 0. The van der Waals surface area contributed by atoms with Gasteiger partial charge < -0.3 is 5.32 Å². The van der Waals surface area contributed by atoms with Crippen molar-refractivity contribution in [2.45, 2.75) is 6.54 Å². The quantitative estimate of drug-likeness (QED) is 0.803. The number of nitrogens with zero attached hydrogens (tertiary/aromatic N) is 3. The third-order valence-corrected chi connectivity index (χ3v) is 4.03. The molecule has 0 saturated carbocycles. The van der Waals surface area contributed by atoms with Crippen LogP contribution in [0.3, 0.4) is 0 Å². The van der Waals surface area contributed by atoms with Crippen LogP contribution in [0.1, 0.15) is 4.88 Å². The highest BCUT2D eigenvalue weighted by Crippen LogP contribution is 2.20. The van der Waals surface area contributed by atoms with E-state index in [2.05, 4.69) is 31.3 Å². The maximum absolute atomic E-state index is 13.0. The Morgan fingerprint density at radius 1 is 1.44 bits per heavy atom. The molecule has 0 bridgehead atoms. The van der Waals surface area contributed by atoms with Crippen molar-refractivity contribution in [3.8, 4) is 0 Å². The van der Waals surface area contributed by atoms with Crippen LogP contribution >= 0.6 is 27.3 Å². The first kappa shape index (κ1) is 11.6. The molecule has 0 atom stereocenters. The molecule has 3 aromatic rings. The summed E-state index contributed by atoms with van der Waals surface area (Å²) in [5.74, 6) is 0.159. The van der Waals surface area contributed by atoms with Crippen LogP contribution < -0.4 is 5.32 Å². The third-order valence-electron chi connectivity index (χ3n) is 2.34. The zero-order valence-electron chi connectivity index (χ0n) is 9.10. The molecule has 18 heavy (non-hydrogen) atoms. The molecule has 3 aromatic heterocycles. The molecule has 0 amide bonds. The maximum atomic E-state index is 13.0. The first-order chi connectivity index (χ1) is 8.70. The predicted octanol–water partition coefficient (Wildman–Crippen LogP) is 3.30. The van der Waals surface area contributed by atoms with Crippen LogP contribution in [-0.2, 0) is 6.54 Å². The number of aromatic nitrogens is 3. The molecule has 0 aliphatic carbocycles. The lowest BCUT2D eigenvalue weighted by atomic mass is 10.5. The van der Waals surface area contributed by atoms with E-state index in [4.69, 9.17) is 0 Å². The number of anilines is 1. The van der Waals surface area contributed by atoms with Crippen molar-refractivity contribution < 1.29 is 4.39 Å². The minimum Gasteiger partial charge on any atom is -0.348 e. The molecule has 0 aliphatic heterocycles. The first-order valence-electron chi connectivity index (χ1n) is 5.19. The van der Waals surface area contributed by atoms with E-state index < -0.39 is 0 Å². The third kappa shape index (κ3) is 2.37. The van der Waals surface area contributed by atoms with Gasteiger partial charge in [-0.25, -0.2) is 8.91 Å². The van der Waals surface area contributed by atoms with E-state index in [1.807, 2.05) is 11.4 Å². The molecular weight excluding hydrogens is 319 g/mol. The minimum absolute atomic E-state index is 0.332. The Bertz CT molecular complexity index is 693. The Labute approximate surface area is 115 Å². The van der Waals surface area contributed by atoms with E-state index in [1.165, 1.54) is 21.7 Å². The topological polar surface area (TPSA) is 42.2 Å². The second-order valence-electron chi connectivity index (χ2n) is 3.67. The van der Waals surface area contributed by atoms with Gasteiger partial charge in [0.2, 0.25) is 5.95 Å². The van der Waals surface area contributed by atoms with E-state index in [0.717, 1.165) is 4.47 Å². The van der Waals surface area contributed by atoms with Gasteiger partial charge in [-0.15, -0.1) is 16.4 Å². The van der Waals surface area contributed by atoms with Crippen LogP contribution in [0.4, 0.5) is 10.3 Å². The highest BCUT2D eigenvalue weighted by Gasteiger charge is 2.04. The van der Waals surface area contributed by atoms with Gasteiger partial charge >= 0.3 is 0 Å². The monoisotopic (exact) mass is 326 g/mol. The molecule has 0 spiro atoms. The average Bonchev–Trinajstić information content (AvgIpc) is 2.92. The standard InChI is InChI=1S/C11H8BrFN4S/c12-7-3-9(18-6-7)4-14-11-15-10-2-1-8(13)5-17(10)16-11/h1-3,5-6H,4H2,(H,14,16). The summed E-state index contributed by atoms with van der Waals surface area (Å²) >= 11 is 5.05. The van der Waals surface area contributed by atoms with Crippen LogP contribution in [0, 0.1) is 5.82 Å². The van der Waals surface area contributed by atoms with Crippen molar-refractivity contribution in [3.05, 3.63) is 44.9 Å². The molecule has 3 heterocycles. The van der Waals surface area contributed by atoms with Gasteiger partial charge in [0.05, 0.1) is 12.7 Å². The van der Waals surface area contributed by atoms with Gasteiger partial charge in [0, 0.05) is 14.7 Å². The fourth-order valence-electron chi connectivity index (χ4n) is 1.55. The second-order valence-corrected chi connectivity index (χ2v) is 5.58. The van der Waals surface area contributed by atoms with Crippen LogP contribution in [-0.4, -0.2) is 14.6 Å². The zero-order chi connectivity index (χ0) is 12.5. The summed E-state index contributed by atoms with van der Waals surface area (Å²) in [5.41, 5.74) is 0.617. The van der Waals surface area contributed by atoms with Crippen LogP contribution in [0.5, 0.6) is 0 Å². The lowest BCUT2D eigenvalue weighted by molar-refractivity contribution is 0.615. The van der Waals surface area contributed by atoms with E-state index in [0.29, 0.717) is 18.1 Å². The summed E-state index contributed by atoms with van der Waals surface area (Å²) in [6.07, 6.45) is 1.30. The Morgan fingerprint density at radius 2 is 2.33 bits per heavy atom. The highest BCUT2D eigenvalue weighted by molar-refractivity contribution is 9.10. The molecule has 1 N–H and O–H groups in total. The number of pyridine rings is 1. The van der Waals surface area contributed by atoms with E-state index >= 15 is 0 Å². The van der Waals surface area contributed by atoms with Gasteiger partial charge in [0.15, 0.2) is 5.65 Å². The number of halogens is 2. The summed E-state index contributed by atoms with van der Waals surface area (Å²) in [5, 5.41) is 9.27. The van der Waals surface area contributed by atoms with Gasteiger partial charge in [-0.2, -0.15) is 4.98 Å². The number of fused-ring (bicyclic) bond motifs is 1. The molecule has 4 nitrogen and oxygen atoms in total. The zero-order valence-corrected chi connectivity index (χ0v) is 11.5. The Kier molecular flexibility index (Phi) is 3.00. The smallest absolute Gasteiger partial charge is 0.243 e. The van der Waals surface area contributed by atoms with Gasteiger partial charge in [0.1, 0.15) is 5.82 Å². The maximum Gasteiger partial charge on any atom is 0.243 e. The van der Waals surface area contributed by atoms with Crippen molar-refractivity contribution in [1.29, 1.82) is 0 Å². The van der Waals surface area contributed by atoms with Crippen molar-refractivity contribution in [3.63, 3.8) is 0 Å². The molecule has 0 aliphatic rings. The molecular formula is C11H8BrFN4S. The van der Waals surface area contributed by atoms with Crippen molar-refractivity contribution in [2.24, 2.45) is 0 Å². The highest BCUT2D eigenvalue weighted by atomic mass is 79.9. The fourth-order valence-corrected chi connectivity index (χ4v) is 2.94. The van der Waals surface area contributed by atoms with Crippen molar-refractivity contribution in [2.75, 3.05) is 5.32 Å². The average molecular weight is 327 g/mol. The molecule has 7 heteroatoms. The first-order valence-corrected chi connectivity index (χ1v) is 6.87. The largest absolute Gasteiger partial charge is 0.348 e. The summed E-state index contributed by atoms with van der Waals surface area (Å²) in [6.45, 7) is 0.648. The van der Waals surface area contributed by atoms with E-state index in [9.17, 15) is 4.39 Å². The molecule has 92 valence electrons. The molecule has 3 rings (SSSR count). The van der Waals surface area contributed by atoms with E-state index in [1.54, 1.807) is 17.4 Å². The fraction of sp³-hybridized carbons (Fsp3) is 0.0909. The normalized spacial score (nSPS) is 11.0. The number of thiophene rings is 1. The van der Waals surface area contributed by atoms with Gasteiger partial charge in [-0.05, 0) is 34.1 Å². The molecule has 0 radical (unpaired) electrons. The number of rotatable bonds is 3. The Morgan fingerprint density at radius 3 is 3.11 bits per heavy atom. The Hall–Kier alpha value is -1.47. The second kappa shape index (κ2) is 4.66. The van der Waals surface area contributed by atoms with Crippen molar-refractivity contribution in [1.82, 2.24) is 14.6 Å². The number of hydrogen-bond donors (Lipinski definition) is 1.